The minimum absolute atomic E-state index is 0.0780. The molecule has 2 saturated heterocycles. The number of methoxy groups -OCH3 is 1. The third-order valence-corrected chi connectivity index (χ3v) is 7.72. The van der Waals surface area contributed by atoms with Crippen LogP contribution in [-0.2, 0) is 33.3 Å². The number of hydrogen-bond acceptors (Lipinski definition) is 12. The molecule has 0 aromatic rings. The van der Waals surface area contributed by atoms with E-state index >= 15 is 0 Å². The Morgan fingerprint density at radius 1 is 1.22 bits per heavy atom. The van der Waals surface area contributed by atoms with Crippen molar-refractivity contribution < 1.29 is 69.0 Å². The van der Waals surface area contributed by atoms with E-state index in [-0.39, 0.29) is 24.8 Å². The highest BCUT2D eigenvalue weighted by atomic mass is 16.8. The lowest BCUT2D eigenvalue weighted by Gasteiger charge is -2.44. The maximum absolute atomic E-state index is 12.7. The highest BCUT2D eigenvalue weighted by molar-refractivity contribution is 5.89. The average Bonchev–Trinajstić information content (AvgIpc) is 2.97. The molecular formula is C27H43N2O12+. The number of allylic oxidation sites excluding steroid dienone is 1. The van der Waals surface area contributed by atoms with Crippen LogP contribution in [0, 0.1) is 23.7 Å². The first-order chi connectivity index (χ1) is 19.7. The monoisotopic (exact) mass is 587 g/mol. The van der Waals surface area contributed by atoms with Crippen molar-refractivity contribution in [2.45, 2.75) is 43.4 Å². The first-order valence-corrected chi connectivity index (χ1v) is 13.8. The highest BCUT2D eigenvalue weighted by Gasteiger charge is 2.49. The van der Waals surface area contributed by atoms with Gasteiger partial charge in [-0.2, -0.15) is 0 Å². The Hall–Kier alpha value is -2.40. The molecule has 0 aromatic carbocycles. The van der Waals surface area contributed by atoms with Crippen molar-refractivity contribution in [1.29, 1.82) is 0 Å². The summed E-state index contributed by atoms with van der Waals surface area (Å²) in [7, 11) is 2.99. The summed E-state index contributed by atoms with van der Waals surface area (Å²) in [5, 5.41) is 53.4. The van der Waals surface area contributed by atoms with Gasteiger partial charge in [0.25, 0.3) is 0 Å². The zero-order chi connectivity index (χ0) is 30.1. The Balaban J connectivity index is 1.87. The molecular weight excluding hydrogens is 544 g/mol. The Morgan fingerprint density at radius 2 is 1.98 bits per heavy atom. The van der Waals surface area contributed by atoms with E-state index < -0.39 is 73.3 Å². The molecule has 3 rings (SSSR count). The van der Waals surface area contributed by atoms with Crippen molar-refractivity contribution in [2.75, 3.05) is 53.7 Å². The Kier molecular flexibility index (Phi) is 12.7. The lowest BCUT2D eigenvalue weighted by molar-refractivity contribution is -0.911. The molecule has 0 aromatic heterocycles. The number of aliphatic hydroxyl groups is 4. The van der Waals surface area contributed by atoms with E-state index in [1.165, 1.54) is 19.4 Å². The molecule has 3 unspecified atom stereocenters. The van der Waals surface area contributed by atoms with Gasteiger partial charge in [-0.15, -0.1) is 6.58 Å². The molecule has 0 saturated carbocycles. The van der Waals surface area contributed by atoms with E-state index in [9.17, 15) is 35.1 Å². The van der Waals surface area contributed by atoms with Crippen LogP contribution >= 0.6 is 0 Å². The minimum Gasteiger partial charge on any atom is -0.550 e. The number of carboxylic acid groups (broad SMARTS) is 1. The van der Waals surface area contributed by atoms with Crippen LogP contribution < -0.4 is 15.3 Å². The molecule has 2 fully saturated rings. The van der Waals surface area contributed by atoms with Crippen molar-refractivity contribution in [2.24, 2.45) is 23.7 Å². The number of rotatable bonds is 13. The normalized spacial score (nSPS) is 37.7. The van der Waals surface area contributed by atoms with Crippen LogP contribution in [0.3, 0.4) is 0 Å². The standard InChI is InChI=1S/C27H42N2O12/c1-4-17-18(6-5-15-9-16(24(34)35)11-29(10-15)7-8-30)19(25(36)37-3)13-38-26(17)41-27-23(39-14-28-2)22(33)21(32)20(12-31)40-27/h4-6,13,15-18,20-23,26-28,30-33H,1,7-12,14H2,2-3H3,(H,34,35)/p+1/t15?,16?,17-,18+,20-,21-,22+,23+,26-,27+/m1/s1. The van der Waals surface area contributed by atoms with Gasteiger partial charge in [0.2, 0.25) is 6.29 Å². The van der Waals surface area contributed by atoms with Crippen LogP contribution in [0.1, 0.15) is 6.42 Å². The second-order valence-electron chi connectivity index (χ2n) is 10.5. The summed E-state index contributed by atoms with van der Waals surface area (Å²) >= 11 is 0. The fourth-order valence-corrected chi connectivity index (χ4v) is 5.58. The number of nitrogens with two attached hydrogens (primary N) is 1. The van der Waals surface area contributed by atoms with Crippen molar-refractivity contribution >= 4 is 11.9 Å². The van der Waals surface area contributed by atoms with Crippen LogP contribution in [0.4, 0.5) is 0 Å². The number of carbonyl (C=O) groups is 2. The molecule has 11 atom stereocenters. The fraction of sp³-hybridized carbons (Fsp3) is 0.704. The summed E-state index contributed by atoms with van der Waals surface area (Å²) < 4.78 is 28.2. The molecule has 3 aliphatic rings. The number of carboxylic acids is 1. The Morgan fingerprint density at radius 3 is 2.59 bits per heavy atom. The van der Waals surface area contributed by atoms with Gasteiger partial charge in [-0.25, -0.2) is 4.79 Å². The molecule has 7 N–H and O–H groups in total. The van der Waals surface area contributed by atoms with E-state index in [1.807, 2.05) is 6.08 Å². The number of aliphatic carboxylic acids is 1. The van der Waals surface area contributed by atoms with Crippen LogP contribution in [0.5, 0.6) is 0 Å². The van der Waals surface area contributed by atoms with E-state index in [0.717, 1.165) is 4.90 Å². The van der Waals surface area contributed by atoms with Crippen LogP contribution in [0.25, 0.3) is 0 Å². The summed E-state index contributed by atoms with van der Waals surface area (Å²) in [6.07, 6.45) is -0.745. The first-order valence-electron chi connectivity index (χ1n) is 13.8. The number of hydrogen-bond donors (Lipinski definition) is 6. The number of piperidine rings is 1. The molecule has 0 spiro atoms. The van der Waals surface area contributed by atoms with Crippen LogP contribution in [0.2, 0.25) is 0 Å². The smallest absolute Gasteiger partial charge is 0.337 e. The van der Waals surface area contributed by atoms with Gasteiger partial charge in [-0.05, 0) is 6.42 Å². The number of nitrogens with one attached hydrogen (secondary N) is 1. The van der Waals surface area contributed by atoms with Gasteiger partial charge in [0, 0.05) is 17.8 Å². The molecule has 0 radical (unpaired) electrons. The minimum atomic E-state index is -1.43. The molecule has 3 aliphatic heterocycles. The number of esters is 1. The van der Waals surface area contributed by atoms with Gasteiger partial charge in [-0.1, -0.05) is 18.2 Å². The van der Waals surface area contributed by atoms with Crippen LogP contribution in [0.15, 0.2) is 36.6 Å². The summed E-state index contributed by atoms with van der Waals surface area (Å²) in [5.41, 5.74) is 0.182. The van der Waals surface area contributed by atoms with Gasteiger partial charge in [-0.3, -0.25) is 0 Å². The van der Waals surface area contributed by atoms with Gasteiger partial charge in [0.15, 0.2) is 13.0 Å². The summed E-state index contributed by atoms with van der Waals surface area (Å²) in [5.74, 6) is -3.97. The van der Waals surface area contributed by atoms with Crippen molar-refractivity contribution in [3.8, 4) is 0 Å². The molecule has 3 heterocycles. The maximum Gasteiger partial charge on any atom is 0.337 e. The molecule has 0 bridgehead atoms. The molecule has 0 amide bonds. The number of carbonyl (C=O) groups excluding carboxylic acids is 2. The molecule has 14 nitrogen and oxygen atoms in total. The first kappa shape index (κ1) is 33.1. The predicted octanol–water partition coefficient (Wildman–Crippen LogP) is -5.37. The molecule has 232 valence electrons. The third-order valence-electron chi connectivity index (χ3n) is 7.72. The summed E-state index contributed by atoms with van der Waals surface area (Å²) in [6.45, 7) is 4.71. The van der Waals surface area contributed by atoms with Gasteiger partial charge < -0.3 is 64.2 Å². The van der Waals surface area contributed by atoms with E-state index in [4.69, 9.17) is 23.7 Å². The maximum atomic E-state index is 12.7. The Labute approximate surface area is 238 Å². The summed E-state index contributed by atoms with van der Waals surface area (Å²) in [4.78, 5) is 25.2. The predicted molar refractivity (Wildman–Crippen MR) is 137 cm³/mol. The van der Waals surface area contributed by atoms with E-state index in [0.29, 0.717) is 26.1 Å². The molecule has 41 heavy (non-hydrogen) atoms. The number of aliphatic hydroxyl groups excluding tert-OH is 4. The topological polar surface area (TPSA) is 205 Å². The van der Waals surface area contributed by atoms with Crippen molar-refractivity contribution in [1.82, 2.24) is 0 Å². The molecule has 0 aliphatic carbocycles. The SMILES string of the molecule is C=C[C@H]1[C@@H](O[C@@H]2O[C@H](CO)[C@@H](O)[C@H](O)[C@@H]2OC[NH2+]C)OC=C(C(=O)OC)[C@H]1C=CC1CC(C(=O)[O-])C[NH+](CCO)C1. The van der Waals surface area contributed by atoms with Crippen molar-refractivity contribution in [3.63, 3.8) is 0 Å². The van der Waals surface area contributed by atoms with E-state index in [1.54, 1.807) is 18.4 Å². The lowest BCUT2D eigenvalue weighted by atomic mass is 9.81. The van der Waals surface area contributed by atoms with Crippen LogP contribution in [-0.4, -0.2) is 123 Å². The average molecular weight is 588 g/mol. The van der Waals surface area contributed by atoms with Gasteiger partial charge in [0.1, 0.15) is 31.0 Å². The largest absolute Gasteiger partial charge is 0.550 e. The number of quaternary nitrogens is 2. The summed E-state index contributed by atoms with van der Waals surface area (Å²) in [6, 6.07) is 0. The highest BCUT2D eigenvalue weighted by Crippen LogP contribution is 2.37. The number of likely N-dealkylation sites (tertiary alicyclic amines) is 1. The fourth-order valence-electron chi connectivity index (χ4n) is 5.58. The lowest BCUT2D eigenvalue weighted by Crippen LogP contribution is -3.15. The molecule has 14 heteroatoms. The second kappa shape index (κ2) is 15.7. The van der Waals surface area contributed by atoms with Gasteiger partial charge >= 0.3 is 5.97 Å². The zero-order valence-corrected chi connectivity index (χ0v) is 23.4. The quantitative estimate of drug-likeness (QED) is 0.0679. The second-order valence-corrected chi connectivity index (χ2v) is 10.5. The van der Waals surface area contributed by atoms with E-state index in [2.05, 4.69) is 6.58 Å². The van der Waals surface area contributed by atoms with Crippen molar-refractivity contribution in [3.05, 3.63) is 36.6 Å². The van der Waals surface area contributed by atoms with Gasteiger partial charge in [0.05, 0.1) is 64.2 Å². The third kappa shape index (κ3) is 8.12. The number of ether oxygens (including phenoxy) is 5. The Bertz CT molecular complexity index is 945. The zero-order valence-electron chi connectivity index (χ0n) is 23.4.